The van der Waals surface area contributed by atoms with Crippen LogP contribution in [0.15, 0.2) is 52.2 Å². The van der Waals surface area contributed by atoms with Crippen LogP contribution in [0.25, 0.3) is 11.6 Å². The molecule has 0 spiro atoms. The van der Waals surface area contributed by atoms with E-state index < -0.39 is 5.97 Å². The summed E-state index contributed by atoms with van der Waals surface area (Å²) >= 11 is 1.31. The van der Waals surface area contributed by atoms with Crippen molar-refractivity contribution in [3.63, 3.8) is 0 Å². The molecular weight excluding hydrogens is 392 g/mol. The average Bonchev–Trinajstić information content (AvgIpc) is 3.36. The molecule has 0 bridgehead atoms. The Labute approximate surface area is 172 Å². The van der Waals surface area contributed by atoms with E-state index in [9.17, 15) is 9.59 Å². The summed E-state index contributed by atoms with van der Waals surface area (Å²) in [6.07, 6.45) is 1.59. The monoisotopic (exact) mass is 414 g/mol. The van der Waals surface area contributed by atoms with Crippen molar-refractivity contribution in [3.8, 4) is 11.6 Å². The number of carbonyl (C=O) groups excluding carboxylic acids is 2. The molecule has 3 aromatic rings. The number of furan rings is 1. The first-order chi connectivity index (χ1) is 14.0. The van der Waals surface area contributed by atoms with Crippen LogP contribution in [0.1, 0.15) is 24.2 Å². The molecule has 3 rings (SSSR count). The molecule has 29 heavy (non-hydrogen) atoms. The molecule has 8 nitrogen and oxygen atoms in total. The standard InChI is InChI=1S/C20H22N4O4S/c1-13(2)11-24-18(16-5-4-10-28-16)22-23-20(24)29-12-17(25)21-15-8-6-14(7-9-15)19(26)27-3/h4-10,13H,11-12H2,1-3H3,(H,21,25). The molecule has 0 saturated heterocycles. The number of hydrogen-bond acceptors (Lipinski definition) is 7. The predicted molar refractivity (Wildman–Crippen MR) is 110 cm³/mol. The first-order valence-corrected chi connectivity index (χ1v) is 10.0. The molecule has 2 heterocycles. The van der Waals surface area contributed by atoms with E-state index in [1.807, 2.05) is 10.6 Å². The van der Waals surface area contributed by atoms with E-state index in [-0.39, 0.29) is 11.7 Å². The fourth-order valence-corrected chi connectivity index (χ4v) is 3.40. The fraction of sp³-hybridized carbons (Fsp3) is 0.300. The lowest BCUT2D eigenvalue weighted by Crippen LogP contribution is -2.15. The number of methoxy groups -OCH3 is 1. The number of hydrogen-bond donors (Lipinski definition) is 1. The normalized spacial score (nSPS) is 10.9. The SMILES string of the molecule is COC(=O)c1ccc(NC(=O)CSc2nnc(-c3ccco3)n2CC(C)C)cc1. The van der Waals surface area contributed by atoms with Crippen molar-refractivity contribution in [2.24, 2.45) is 5.92 Å². The van der Waals surface area contributed by atoms with Crippen LogP contribution in [0.5, 0.6) is 0 Å². The zero-order valence-electron chi connectivity index (χ0n) is 16.4. The summed E-state index contributed by atoms with van der Waals surface area (Å²) in [5.41, 5.74) is 1.02. The maximum Gasteiger partial charge on any atom is 0.337 e. The molecule has 1 aromatic carbocycles. The number of thioether (sulfide) groups is 1. The van der Waals surface area contributed by atoms with E-state index in [0.717, 1.165) is 0 Å². The topological polar surface area (TPSA) is 99.2 Å². The van der Waals surface area contributed by atoms with Crippen LogP contribution >= 0.6 is 11.8 Å². The molecule has 0 aliphatic heterocycles. The van der Waals surface area contributed by atoms with E-state index in [4.69, 9.17) is 4.42 Å². The Morgan fingerprint density at radius 1 is 1.21 bits per heavy atom. The van der Waals surface area contributed by atoms with Crippen LogP contribution < -0.4 is 5.32 Å². The highest BCUT2D eigenvalue weighted by molar-refractivity contribution is 7.99. The van der Waals surface area contributed by atoms with Gasteiger partial charge in [0, 0.05) is 12.2 Å². The molecule has 0 atom stereocenters. The minimum atomic E-state index is -0.421. The van der Waals surface area contributed by atoms with Crippen LogP contribution in [-0.2, 0) is 16.1 Å². The van der Waals surface area contributed by atoms with Crippen molar-refractivity contribution < 1.29 is 18.7 Å². The number of rotatable bonds is 8. The number of ether oxygens (including phenoxy) is 1. The maximum absolute atomic E-state index is 12.3. The molecular formula is C20H22N4O4S. The number of aromatic nitrogens is 3. The fourth-order valence-electron chi connectivity index (χ4n) is 2.65. The summed E-state index contributed by atoms with van der Waals surface area (Å²) in [5.74, 6) is 1.23. The summed E-state index contributed by atoms with van der Waals surface area (Å²) in [4.78, 5) is 23.8. The second kappa shape index (κ2) is 9.42. The van der Waals surface area contributed by atoms with Crippen molar-refractivity contribution in [3.05, 3.63) is 48.2 Å². The molecule has 0 aliphatic carbocycles. The quantitative estimate of drug-likeness (QED) is 0.443. The smallest absolute Gasteiger partial charge is 0.337 e. The van der Waals surface area contributed by atoms with Crippen molar-refractivity contribution in [2.75, 3.05) is 18.2 Å². The Hall–Kier alpha value is -3.07. The largest absolute Gasteiger partial charge is 0.465 e. The minimum Gasteiger partial charge on any atom is -0.465 e. The minimum absolute atomic E-state index is 0.174. The molecule has 2 aromatic heterocycles. The molecule has 0 saturated carbocycles. The Morgan fingerprint density at radius 3 is 2.59 bits per heavy atom. The first-order valence-electron chi connectivity index (χ1n) is 9.06. The molecule has 0 unspecified atom stereocenters. The van der Waals surface area contributed by atoms with Crippen molar-refractivity contribution in [1.29, 1.82) is 0 Å². The average molecular weight is 414 g/mol. The molecule has 0 aliphatic rings. The third-order valence-corrected chi connectivity index (χ3v) is 4.90. The van der Waals surface area contributed by atoms with Gasteiger partial charge in [-0.2, -0.15) is 0 Å². The van der Waals surface area contributed by atoms with E-state index >= 15 is 0 Å². The second-order valence-corrected chi connectivity index (χ2v) is 7.64. The van der Waals surface area contributed by atoms with E-state index in [2.05, 4.69) is 34.1 Å². The van der Waals surface area contributed by atoms with Crippen molar-refractivity contribution >= 4 is 29.3 Å². The highest BCUT2D eigenvalue weighted by Gasteiger charge is 2.18. The van der Waals surface area contributed by atoms with Crippen LogP contribution in [0.2, 0.25) is 0 Å². The Balaban J connectivity index is 1.65. The van der Waals surface area contributed by atoms with Gasteiger partial charge in [0.05, 0.1) is 24.7 Å². The van der Waals surface area contributed by atoms with Crippen molar-refractivity contribution in [2.45, 2.75) is 25.5 Å². The predicted octanol–water partition coefficient (Wildman–Crippen LogP) is 3.71. The van der Waals surface area contributed by atoms with Gasteiger partial charge >= 0.3 is 5.97 Å². The zero-order chi connectivity index (χ0) is 20.8. The van der Waals surface area contributed by atoms with Gasteiger partial charge in [-0.15, -0.1) is 10.2 Å². The molecule has 9 heteroatoms. The van der Waals surface area contributed by atoms with Crippen LogP contribution in [-0.4, -0.2) is 39.5 Å². The lowest BCUT2D eigenvalue weighted by Gasteiger charge is -2.11. The number of nitrogens with zero attached hydrogens (tertiary/aromatic N) is 3. The second-order valence-electron chi connectivity index (χ2n) is 6.69. The summed E-state index contributed by atoms with van der Waals surface area (Å²) in [7, 11) is 1.32. The van der Waals surface area contributed by atoms with Gasteiger partial charge in [-0.05, 0) is 42.3 Å². The number of esters is 1. The number of amides is 1. The Kier molecular flexibility index (Phi) is 6.71. The maximum atomic E-state index is 12.3. The number of carbonyl (C=O) groups is 2. The third kappa shape index (κ3) is 5.26. The Morgan fingerprint density at radius 2 is 1.97 bits per heavy atom. The van der Waals surface area contributed by atoms with Gasteiger partial charge in [-0.25, -0.2) is 4.79 Å². The van der Waals surface area contributed by atoms with Crippen LogP contribution in [0.4, 0.5) is 5.69 Å². The van der Waals surface area contributed by atoms with Crippen LogP contribution in [0, 0.1) is 5.92 Å². The number of nitrogens with one attached hydrogen (secondary N) is 1. The summed E-state index contributed by atoms with van der Waals surface area (Å²) < 4.78 is 12.1. The van der Waals surface area contributed by atoms with Crippen LogP contribution in [0.3, 0.4) is 0 Å². The summed E-state index contributed by atoms with van der Waals surface area (Å²) in [5, 5.41) is 11.9. The molecule has 152 valence electrons. The van der Waals surface area contributed by atoms with Gasteiger partial charge < -0.3 is 14.5 Å². The highest BCUT2D eigenvalue weighted by Crippen LogP contribution is 2.25. The van der Waals surface area contributed by atoms with E-state index in [1.165, 1.54) is 18.9 Å². The summed E-state index contributed by atoms with van der Waals surface area (Å²) in [6.45, 7) is 4.91. The first kappa shape index (κ1) is 20.7. The highest BCUT2D eigenvalue weighted by atomic mass is 32.2. The van der Waals surface area contributed by atoms with Gasteiger partial charge in [-0.3, -0.25) is 9.36 Å². The number of benzene rings is 1. The van der Waals surface area contributed by atoms with Gasteiger partial charge in [0.2, 0.25) is 5.91 Å². The third-order valence-electron chi connectivity index (χ3n) is 3.93. The van der Waals surface area contributed by atoms with Gasteiger partial charge in [0.15, 0.2) is 16.7 Å². The summed E-state index contributed by atoms with van der Waals surface area (Å²) in [6, 6.07) is 10.2. The molecule has 0 fully saturated rings. The van der Waals surface area contributed by atoms with Gasteiger partial charge in [0.1, 0.15) is 0 Å². The van der Waals surface area contributed by atoms with Crippen molar-refractivity contribution in [1.82, 2.24) is 14.8 Å². The van der Waals surface area contributed by atoms with E-state index in [0.29, 0.717) is 40.5 Å². The molecule has 1 N–H and O–H groups in total. The lowest BCUT2D eigenvalue weighted by molar-refractivity contribution is -0.113. The van der Waals surface area contributed by atoms with Gasteiger partial charge in [-0.1, -0.05) is 25.6 Å². The van der Waals surface area contributed by atoms with E-state index in [1.54, 1.807) is 36.6 Å². The number of anilines is 1. The molecule has 0 radical (unpaired) electrons. The molecule has 1 amide bonds. The lowest BCUT2D eigenvalue weighted by atomic mass is 10.2. The van der Waals surface area contributed by atoms with Gasteiger partial charge in [0.25, 0.3) is 0 Å². The zero-order valence-corrected chi connectivity index (χ0v) is 17.2. The Bertz CT molecular complexity index is 965.